The highest BCUT2D eigenvalue weighted by atomic mass is 31.1. The first kappa shape index (κ1) is 32.8. The van der Waals surface area contributed by atoms with E-state index in [0.717, 1.165) is 25.7 Å². The molecule has 0 radical (unpaired) electrons. The first-order valence-corrected chi connectivity index (χ1v) is 16.9. The fourth-order valence-corrected chi connectivity index (χ4v) is 5.68. The maximum Gasteiger partial charge on any atom is 0.319 e. The van der Waals surface area contributed by atoms with Gasteiger partial charge in [-0.1, -0.05) is 151 Å². The van der Waals surface area contributed by atoms with Gasteiger partial charge in [0.1, 0.15) is 0 Å². The zero-order valence-electron chi connectivity index (χ0n) is 24.1. The number of rotatable bonds is 26. The number of aryl methyl sites for hydroxylation is 2. The van der Waals surface area contributed by atoms with Crippen LogP contribution in [0.15, 0.2) is 60.7 Å². The average molecular weight is 543 g/mol. The predicted octanol–water partition coefficient (Wildman–Crippen LogP) is 10.9. The molecule has 2 aromatic rings. The molecule has 0 atom stereocenters. The second-order valence-electron chi connectivity index (χ2n) is 10.8. The van der Waals surface area contributed by atoms with Gasteiger partial charge in [-0.05, 0) is 49.7 Å². The summed E-state index contributed by atoms with van der Waals surface area (Å²) in [5.41, 5.74) is 2.93. The molecule has 0 heterocycles. The summed E-state index contributed by atoms with van der Waals surface area (Å²) in [4.78, 5) is 0. The van der Waals surface area contributed by atoms with Crippen LogP contribution >= 0.6 is 8.25 Å². The van der Waals surface area contributed by atoms with E-state index in [0.29, 0.717) is 13.2 Å². The van der Waals surface area contributed by atoms with Crippen molar-refractivity contribution >= 4 is 8.25 Å². The molecule has 0 amide bonds. The zero-order valence-corrected chi connectivity index (χ0v) is 25.1. The highest BCUT2D eigenvalue weighted by molar-refractivity contribution is 7.33. The number of unbranched alkanes of at least 4 members (excludes halogenated alkanes) is 16. The minimum Gasteiger partial charge on any atom is -0.311 e. The Morgan fingerprint density at radius 1 is 0.395 bits per heavy atom. The van der Waals surface area contributed by atoms with E-state index in [4.69, 9.17) is 9.05 Å². The summed E-state index contributed by atoms with van der Waals surface area (Å²) in [6.45, 7) is 1.14. The van der Waals surface area contributed by atoms with Gasteiger partial charge in [0.25, 0.3) is 0 Å². The summed E-state index contributed by atoms with van der Waals surface area (Å²) in [6.07, 6.45) is 25.2. The monoisotopic (exact) mass is 542 g/mol. The van der Waals surface area contributed by atoms with Gasteiger partial charge >= 0.3 is 8.25 Å². The zero-order chi connectivity index (χ0) is 26.8. The molecule has 3 nitrogen and oxygen atoms in total. The van der Waals surface area contributed by atoms with E-state index in [1.165, 1.54) is 114 Å². The number of hydrogen-bond acceptors (Lipinski definition) is 3. The summed E-state index contributed by atoms with van der Waals surface area (Å²) in [6, 6.07) is 21.6. The first-order chi connectivity index (χ1) is 18.8. The van der Waals surface area contributed by atoms with Crippen molar-refractivity contribution in [3.8, 4) is 0 Å². The van der Waals surface area contributed by atoms with Crippen LogP contribution < -0.4 is 0 Å². The lowest BCUT2D eigenvalue weighted by atomic mass is 10.0. The van der Waals surface area contributed by atoms with Crippen LogP contribution in [-0.2, 0) is 26.5 Å². The van der Waals surface area contributed by atoms with E-state index in [2.05, 4.69) is 60.7 Å². The van der Waals surface area contributed by atoms with Crippen molar-refractivity contribution in [3.63, 3.8) is 0 Å². The van der Waals surface area contributed by atoms with E-state index in [1.54, 1.807) is 0 Å². The van der Waals surface area contributed by atoms with Crippen LogP contribution in [0.25, 0.3) is 0 Å². The van der Waals surface area contributed by atoms with Gasteiger partial charge in [-0.25, -0.2) is 0 Å². The minimum atomic E-state index is -2.30. The fraction of sp³-hybridized carbons (Fsp3) is 0.647. The Morgan fingerprint density at radius 3 is 1.03 bits per heavy atom. The fourth-order valence-electron chi connectivity index (χ4n) is 4.98. The molecular formula is C34H55O3P. The van der Waals surface area contributed by atoms with E-state index >= 15 is 0 Å². The van der Waals surface area contributed by atoms with Crippen LogP contribution in [0.5, 0.6) is 0 Å². The predicted molar refractivity (Wildman–Crippen MR) is 164 cm³/mol. The van der Waals surface area contributed by atoms with Gasteiger partial charge in [-0.3, -0.25) is 4.57 Å². The quantitative estimate of drug-likeness (QED) is 0.0876. The van der Waals surface area contributed by atoms with Crippen LogP contribution in [0.2, 0.25) is 0 Å². The molecule has 214 valence electrons. The van der Waals surface area contributed by atoms with Crippen molar-refractivity contribution in [3.05, 3.63) is 71.8 Å². The molecule has 0 aliphatic carbocycles. The summed E-state index contributed by atoms with van der Waals surface area (Å²) >= 11 is 0. The lowest BCUT2D eigenvalue weighted by Crippen LogP contribution is -1.92. The van der Waals surface area contributed by atoms with Crippen molar-refractivity contribution in [2.24, 2.45) is 0 Å². The summed E-state index contributed by atoms with van der Waals surface area (Å²) in [5.74, 6) is 0. The van der Waals surface area contributed by atoms with Gasteiger partial charge in [0, 0.05) is 0 Å². The van der Waals surface area contributed by atoms with Crippen molar-refractivity contribution in [1.82, 2.24) is 0 Å². The lowest BCUT2D eigenvalue weighted by molar-refractivity contribution is 0.218. The topological polar surface area (TPSA) is 35.5 Å². The summed E-state index contributed by atoms with van der Waals surface area (Å²) in [7, 11) is -2.30. The van der Waals surface area contributed by atoms with E-state index in [9.17, 15) is 4.57 Å². The number of hydrogen-bond donors (Lipinski definition) is 0. The lowest BCUT2D eigenvalue weighted by Gasteiger charge is -2.06. The van der Waals surface area contributed by atoms with E-state index in [-0.39, 0.29) is 0 Å². The third-order valence-electron chi connectivity index (χ3n) is 7.35. The third-order valence-corrected chi connectivity index (χ3v) is 8.22. The highest BCUT2D eigenvalue weighted by Gasteiger charge is 2.01. The molecular weight excluding hydrogens is 487 g/mol. The Labute approximate surface area is 235 Å². The van der Waals surface area contributed by atoms with Gasteiger partial charge in [-0.2, -0.15) is 0 Å². The molecule has 0 saturated heterocycles. The Balaban J connectivity index is 1.22. The van der Waals surface area contributed by atoms with Crippen molar-refractivity contribution in [2.75, 3.05) is 13.2 Å². The number of benzene rings is 2. The third kappa shape index (κ3) is 19.6. The SMILES string of the molecule is O=[PH](OCCCCCCCCCCCc1ccccc1)OCCCCCCCCCCCc1ccccc1. The van der Waals surface area contributed by atoms with Crippen LogP contribution in [0, 0.1) is 0 Å². The molecule has 0 saturated carbocycles. The molecule has 38 heavy (non-hydrogen) atoms. The Kier molecular flexibility index (Phi) is 21.2. The second kappa shape index (κ2) is 24.6. The van der Waals surface area contributed by atoms with Gasteiger partial charge < -0.3 is 9.05 Å². The standard InChI is InChI=1S/C34H55O3P/c35-38(36-31-23-13-9-5-1-3-7-11-17-25-33-27-19-15-20-28-33)37-32-24-14-10-6-2-4-8-12-18-26-34-29-21-16-22-30-34/h15-16,19-22,27-30,38H,1-14,17-18,23-26,31-32H2. The van der Waals surface area contributed by atoms with Crippen LogP contribution in [0.4, 0.5) is 0 Å². The van der Waals surface area contributed by atoms with Crippen LogP contribution in [0.1, 0.15) is 127 Å². The van der Waals surface area contributed by atoms with Gasteiger partial charge in [0.05, 0.1) is 13.2 Å². The molecule has 0 aromatic heterocycles. The molecule has 2 rings (SSSR count). The minimum absolute atomic E-state index is 0.572. The molecule has 0 aliphatic rings. The van der Waals surface area contributed by atoms with Crippen LogP contribution in [0.3, 0.4) is 0 Å². The van der Waals surface area contributed by atoms with E-state index in [1.807, 2.05) is 0 Å². The largest absolute Gasteiger partial charge is 0.319 e. The molecule has 2 aromatic carbocycles. The normalized spacial score (nSPS) is 11.4. The average Bonchev–Trinajstić information content (AvgIpc) is 2.95. The summed E-state index contributed by atoms with van der Waals surface area (Å²) in [5, 5.41) is 0. The molecule has 4 heteroatoms. The molecule has 0 aliphatic heterocycles. The van der Waals surface area contributed by atoms with Crippen molar-refractivity contribution in [1.29, 1.82) is 0 Å². The van der Waals surface area contributed by atoms with Gasteiger partial charge in [-0.15, -0.1) is 0 Å². The Morgan fingerprint density at radius 2 is 0.684 bits per heavy atom. The Bertz CT molecular complexity index is 715. The van der Waals surface area contributed by atoms with Gasteiger partial charge in [0.15, 0.2) is 0 Å². The maximum atomic E-state index is 11.9. The van der Waals surface area contributed by atoms with Crippen molar-refractivity contribution in [2.45, 2.75) is 128 Å². The Hall–Kier alpha value is -1.41. The molecule has 0 bridgehead atoms. The van der Waals surface area contributed by atoms with Crippen molar-refractivity contribution < 1.29 is 13.6 Å². The summed E-state index contributed by atoms with van der Waals surface area (Å²) < 4.78 is 22.7. The molecule has 0 fully saturated rings. The highest BCUT2D eigenvalue weighted by Crippen LogP contribution is 2.25. The smallest absolute Gasteiger partial charge is 0.311 e. The first-order valence-electron chi connectivity index (χ1n) is 15.7. The van der Waals surface area contributed by atoms with Gasteiger partial charge in [0.2, 0.25) is 0 Å². The molecule has 0 unspecified atom stereocenters. The molecule has 0 N–H and O–H groups in total. The molecule has 0 spiro atoms. The second-order valence-corrected chi connectivity index (χ2v) is 11.9. The van der Waals surface area contributed by atoms with E-state index < -0.39 is 8.25 Å². The maximum absolute atomic E-state index is 11.9. The van der Waals surface area contributed by atoms with Crippen LogP contribution in [-0.4, -0.2) is 13.2 Å².